The lowest BCUT2D eigenvalue weighted by Gasteiger charge is -2.30. The number of nitrogens with two attached hydrogens (primary N) is 1. The Balaban J connectivity index is 0.902. The topological polar surface area (TPSA) is 61.4 Å². The molecule has 3 heterocycles. The van der Waals surface area contributed by atoms with Crippen LogP contribution in [0, 0.1) is 5.92 Å². The minimum atomic E-state index is -0.193. The molecule has 0 bridgehead atoms. The average molecular weight is 969 g/mol. The molecule has 4 aliphatic carbocycles. The molecule has 2 N–H and O–H groups in total. The van der Waals surface area contributed by atoms with Crippen molar-refractivity contribution in [3.05, 3.63) is 244 Å². The number of aromatic nitrogens is 2. The van der Waals surface area contributed by atoms with Gasteiger partial charge in [0.2, 0.25) is 5.88 Å². The van der Waals surface area contributed by atoms with E-state index in [4.69, 9.17) is 15.1 Å². The van der Waals surface area contributed by atoms with Gasteiger partial charge in [0.15, 0.2) is 0 Å². The van der Waals surface area contributed by atoms with Crippen molar-refractivity contribution in [2.24, 2.45) is 10.9 Å². The standard InChI is InChI=1S/C70H56N4O/c1-69(2)55-26-12-8-23-49(55)64-44(18-16-28-57(64)69)41-72-67(51-25-17-29-58-65(51)50-24-9-13-27-56(50)70(58,3)4)66-54-40-46(34-37-63(54)75-68(66)71)74-60-31-15-11-22-48(60)53-39-43(33-36-62(53)74)42-32-35-61-52(38-42)47-21-10-14-30-59(47)73(61)45-19-6-5-7-20-45/h5-13,15-27,29,31-40,57H,14,28,30,41,71H2,1-4H3. The highest BCUT2D eigenvalue weighted by molar-refractivity contribution is 6.25. The van der Waals surface area contributed by atoms with Crippen molar-refractivity contribution in [1.82, 2.24) is 9.13 Å². The van der Waals surface area contributed by atoms with E-state index in [2.05, 4.69) is 237 Å². The van der Waals surface area contributed by atoms with Gasteiger partial charge in [0.25, 0.3) is 0 Å². The molecule has 0 aliphatic heterocycles. The Hall–Kier alpha value is -8.67. The normalized spacial score (nSPS) is 17.0. The van der Waals surface area contributed by atoms with E-state index in [1.807, 2.05) is 0 Å². The van der Waals surface area contributed by atoms with Crippen LogP contribution >= 0.6 is 0 Å². The number of hydrogen-bond acceptors (Lipinski definition) is 3. The van der Waals surface area contributed by atoms with E-state index in [0.29, 0.717) is 18.3 Å². The Morgan fingerprint density at radius 3 is 2.15 bits per heavy atom. The highest BCUT2D eigenvalue weighted by Crippen LogP contribution is 2.55. The number of furan rings is 1. The van der Waals surface area contributed by atoms with Gasteiger partial charge in [0.1, 0.15) is 5.58 Å². The SMILES string of the molecule is CC1(C)c2ccccc2-c2c(C(=NCC3=C4c5ccccc5C(C)(C)C4CC=C3)c3c(N)oc4ccc(-n5c6ccccc6c6cc(-c7ccc8c(c7)c7c(n8-c8ccccc8)CCC=C7)ccc65)cc34)cccc21. The summed E-state index contributed by atoms with van der Waals surface area (Å²) in [6.45, 7) is 9.99. The zero-order valence-electron chi connectivity index (χ0n) is 42.8. The minimum absolute atomic E-state index is 0.0156. The molecule has 1 atom stereocenters. The Bertz CT molecular complexity index is 4370. The predicted octanol–water partition coefficient (Wildman–Crippen LogP) is 17.1. The van der Waals surface area contributed by atoms with Crippen molar-refractivity contribution < 1.29 is 4.42 Å². The van der Waals surface area contributed by atoms with Crippen molar-refractivity contribution in [2.45, 2.75) is 57.8 Å². The van der Waals surface area contributed by atoms with Crippen molar-refractivity contribution in [2.75, 3.05) is 12.3 Å². The molecule has 362 valence electrons. The minimum Gasteiger partial charge on any atom is -0.440 e. The number of nitrogens with zero attached hydrogens (tertiary/aromatic N) is 3. The molecule has 0 radical (unpaired) electrons. The Labute approximate surface area is 437 Å². The molecule has 8 aromatic carbocycles. The number of para-hydroxylation sites is 2. The van der Waals surface area contributed by atoms with Crippen LogP contribution in [0.5, 0.6) is 0 Å². The van der Waals surface area contributed by atoms with Gasteiger partial charge in [-0.1, -0.05) is 167 Å². The zero-order valence-corrected chi connectivity index (χ0v) is 42.8. The molecule has 11 aromatic rings. The number of benzene rings is 8. The van der Waals surface area contributed by atoms with Crippen molar-refractivity contribution in [1.29, 1.82) is 0 Å². The van der Waals surface area contributed by atoms with E-state index in [1.165, 1.54) is 94.3 Å². The molecule has 0 spiro atoms. The summed E-state index contributed by atoms with van der Waals surface area (Å²) in [7, 11) is 0. The third-order valence-corrected chi connectivity index (χ3v) is 17.6. The average Bonchev–Trinajstić information content (AvgIpc) is 4.25. The van der Waals surface area contributed by atoms with E-state index in [0.717, 1.165) is 63.8 Å². The molecule has 4 aliphatic rings. The van der Waals surface area contributed by atoms with Crippen LogP contribution in [0.4, 0.5) is 5.88 Å². The lowest BCUT2D eigenvalue weighted by Crippen LogP contribution is -2.24. The van der Waals surface area contributed by atoms with E-state index in [1.54, 1.807) is 0 Å². The Morgan fingerprint density at radius 2 is 1.31 bits per heavy atom. The van der Waals surface area contributed by atoms with Gasteiger partial charge in [0.05, 0.1) is 34.4 Å². The first-order chi connectivity index (χ1) is 36.6. The highest BCUT2D eigenvalue weighted by Gasteiger charge is 2.44. The Kier molecular flexibility index (Phi) is 9.45. The van der Waals surface area contributed by atoms with Crippen LogP contribution in [0.2, 0.25) is 0 Å². The first kappa shape index (κ1) is 43.9. The van der Waals surface area contributed by atoms with E-state index >= 15 is 0 Å². The third kappa shape index (κ3) is 6.34. The predicted molar refractivity (Wildman–Crippen MR) is 313 cm³/mol. The molecule has 1 unspecified atom stereocenters. The van der Waals surface area contributed by atoms with E-state index in [-0.39, 0.29) is 10.8 Å². The number of anilines is 1. The number of allylic oxidation sites excluding steroid dienone is 3. The molecule has 0 saturated carbocycles. The van der Waals surface area contributed by atoms with Crippen LogP contribution < -0.4 is 5.73 Å². The molecular formula is C70H56N4O. The fraction of sp³-hybridized carbons (Fsp3) is 0.157. The van der Waals surface area contributed by atoms with Crippen LogP contribution in [0.1, 0.15) is 85.2 Å². The van der Waals surface area contributed by atoms with Gasteiger partial charge in [-0.05, 0) is 147 Å². The second-order valence-corrected chi connectivity index (χ2v) is 22.3. The second-order valence-electron chi connectivity index (χ2n) is 22.3. The van der Waals surface area contributed by atoms with Crippen molar-refractivity contribution in [3.63, 3.8) is 0 Å². The smallest absolute Gasteiger partial charge is 0.201 e. The summed E-state index contributed by atoms with van der Waals surface area (Å²) in [5, 5.41) is 4.62. The largest absolute Gasteiger partial charge is 0.440 e. The number of nitrogen functional groups attached to an aromatic ring is 1. The summed E-state index contributed by atoms with van der Waals surface area (Å²) in [5.41, 5.74) is 31.9. The summed E-state index contributed by atoms with van der Waals surface area (Å²) < 4.78 is 11.5. The van der Waals surface area contributed by atoms with Gasteiger partial charge in [-0.15, -0.1) is 0 Å². The lowest BCUT2D eigenvalue weighted by atomic mass is 9.73. The summed E-state index contributed by atoms with van der Waals surface area (Å²) in [6, 6.07) is 64.7. The van der Waals surface area contributed by atoms with E-state index < -0.39 is 0 Å². The molecule has 75 heavy (non-hydrogen) atoms. The number of rotatable bonds is 7. The number of hydrogen-bond donors (Lipinski definition) is 1. The van der Waals surface area contributed by atoms with Crippen molar-refractivity contribution >= 4 is 66.9 Å². The van der Waals surface area contributed by atoms with Gasteiger partial charge < -0.3 is 19.3 Å². The van der Waals surface area contributed by atoms with E-state index in [9.17, 15) is 0 Å². The van der Waals surface area contributed by atoms with Crippen LogP contribution in [0.15, 0.2) is 209 Å². The number of fused-ring (bicyclic) bond motifs is 13. The van der Waals surface area contributed by atoms with Crippen LogP contribution in [0.25, 0.3) is 89.0 Å². The fourth-order valence-corrected chi connectivity index (χ4v) is 14.0. The van der Waals surface area contributed by atoms with Crippen LogP contribution in [-0.2, 0) is 17.3 Å². The van der Waals surface area contributed by atoms with Gasteiger partial charge in [-0.2, -0.15) is 0 Å². The Morgan fingerprint density at radius 1 is 0.600 bits per heavy atom. The van der Waals surface area contributed by atoms with Gasteiger partial charge >= 0.3 is 0 Å². The molecule has 0 saturated heterocycles. The first-order valence-corrected chi connectivity index (χ1v) is 26.7. The number of aliphatic imine (C=N–C) groups is 1. The molecule has 0 amide bonds. The third-order valence-electron chi connectivity index (χ3n) is 17.6. The summed E-state index contributed by atoms with van der Waals surface area (Å²) in [6.07, 6.45) is 12.4. The monoisotopic (exact) mass is 968 g/mol. The summed E-state index contributed by atoms with van der Waals surface area (Å²) >= 11 is 0. The maximum atomic E-state index is 7.22. The molecule has 3 aromatic heterocycles. The molecule has 15 rings (SSSR count). The summed E-state index contributed by atoms with van der Waals surface area (Å²) in [4.78, 5) is 5.80. The summed E-state index contributed by atoms with van der Waals surface area (Å²) in [5.74, 6) is 0.747. The maximum absolute atomic E-state index is 7.22. The van der Waals surface area contributed by atoms with Crippen LogP contribution in [-0.4, -0.2) is 21.4 Å². The molecule has 5 nitrogen and oxygen atoms in total. The molecular weight excluding hydrogens is 913 g/mol. The van der Waals surface area contributed by atoms with Gasteiger partial charge in [-0.25, -0.2) is 0 Å². The second kappa shape index (κ2) is 16.2. The van der Waals surface area contributed by atoms with Crippen LogP contribution in [0.3, 0.4) is 0 Å². The zero-order chi connectivity index (χ0) is 50.3. The quantitative estimate of drug-likeness (QED) is 0.162. The van der Waals surface area contributed by atoms with Crippen molar-refractivity contribution in [3.8, 4) is 33.6 Å². The lowest BCUT2D eigenvalue weighted by molar-refractivity contribution is 0.413. The maximum Gasteiger partial charge on any atom is 0.201 e. The fourth-order valence-electron chi connectivity index (χ4n) is 14.0. The molecule has 0 fully saturated rings. The first-order valence-electron chi connectivity index (χ1n) is 26.7. The highest BCUT2D eigenvalue weighted by atomic mass is 16.3. The van der Waals surface area contributed by atoms with Gasteiger partial charge in [0, 0.05) is 55.2 Å². The van der Waals surface area contributed by atoms with Gasteiger partial charge in [-0.3, -0.25) is 4.99 Å². The molecule has 5 heteroatoms.